The maximum Gasteiger partial charge on any atom is 0.305 e. The van der Waals surface area contributed by atoms with Crippen LogP contribution in [0, 0.1) is 0 Å². The van der Waals surface area contributed by atoms with E-state index in [0.717, 1.165) is 53.3 Å². The second kappa shape index (κ2) is 15.9. The van der Waals surface area contributed by atoms with E-state index >= 15 is 0 Å². The molecule has 0 bridgehead atoms. The molecular weight excluding hydrogens is 598 g/mol. The van der Waals surface area contributed by atoms with Crippen molar-refractivity contribution in [3.63, 3.8) is 0 Å². The lowest BCUT2D eigenvalue weighted by atomic mass is 9.95. The Bertz CT molecular complexity index is 1080. The van der Waals surface area contributed by atoms with Gasteiger partial charge in [0.2, 0.25) is 12.2 Å². The van der Waals surface area contributed by atoms with Crippen LogP contribution in [0.25, 0.3) is 0 Å². The molecule has 0 spiro atoms. The van der Waals surface area contributed by atoms with Crippen molar-refractivity contribution in [1.82, 2.24) is 5.32 Å². The molecule has 242 valence electrons. The van der Waals surface area contributed by atoms with Crippen molar-refractivity contribution in [2.45, 2.75) is 115 Å². The van der Waals surface area contributed by atoms with Gasteiger partial charge in [0.25, 0.3) is 0 Å². The third kappa shape index (κ3) is 10.7. The van der Waals surface area contributed by atoms with Crippen molar-refractivity contribution in [2.75, 3.05) is 6.61 Å². The van der Waals surface area contributed by atoms with Gasteiger partial charge in [-0.05, 0) is 6.92 Å². The van der Waals surface area contributed by atoms with Gasteiger partial charge in [-0.25, -0.2) is 0 Å². The second-order valence-corrected chi connectivity index (χ2v) is 11.3. The average Bonchev–Trinajstić information content (AvgIpc) is 2.84. The quantitative estimate of drug-likeness (QED) is 0.246. The summed E-state index contributed by atoms with van der Waals surface area (Å²) in [4.78, 5) is 84.1. The lowest BCUT2D eigenvalue weighted by Gasteiger charge is -2.48. The van der Waals surface area contributed by atoms with Crippen LogP contribution in [-0.2, 0) is 71.5 Å². The van der Waals surface area contributed by atoms with Crippen LogP contribution in [0.5, 0.6) is 0 Å². The topological polar surface area (TPSA) is 205 Å². The zero-order valence-corrected chi connectivity index (χ0v) is 25.8. The maximum absolute atomic E-state index is 12.3. The summed E-state index contributed by atoms with van der Waals surface area (Å²) in [6.45, 7) is 9.07. The molecule has 2 saturated heterocycles. The number of thioether (sulfide) groups is 1. The Morgan fingerprint density at radius 1 is 0.628 bits per heavy atom. The van der Waals surface area contributed by atoms with Crippen molar-refractivity contribution in [3.8, 4) is 0 Å². The summed E-state index contributed by atoms with van der Waals surface area (Å²) in [6, 6.07) is -1.31. The van der Waals surface area contributed by atoms with Gasteiger partial charge in [-0.15, -0.1) is 11.8 Å². The summed E-state index contributed by atoms with van der Waals surface area (Å²) in [5.74, 6) is -5.13. The van der Waals surface area contributed by atoms with Gasteiger partial charge >= 0.3 is 35.8 Å². The number of ether oxygens (including phenoxy) is 8. The minimum Gasteiger partial charge on any atom is -0.463 e. The average molecular weight is 636 g/mol. The van der Waals surface area contributed by atoms with Crippen LogP contribution in [0.1, 0.15) is 55.4 Å². The van der Waals surface area contributed by atoms with Gasteiger partial charge in [0.15, 0.2) is 24.4 Å². The van der Waals surface area contributed by atoms with E-state index in [0.29, 0.717) is 0 Å². The van der Waals surface area contributed by atoms with Crippen molar-refractivity contribution in [3.05, 3.63) is 0 Å². The third-order valence-corrected chi connectivity index (χ3v) is 7.32. The van der Waals surface area contributed by atoms with E-state index < -0.39 is 108 Å². The van der Waals surface area contributed by atoms with Crippen molar-refractivity contribution >= 4 is 53.5 Å². The Labute approximate surface area is 252 Å². The predicted octanol–water partition coefficient (Wildman–Crippen LogP) is -0.0844. The summed E-state index contributed by atoms with van der Waals surface area (Å²) in [5.41, 5.74) is -1.19. The molecule has 0 aromatic carbocycles. The molecule has 1 amide bonds. The van der Waals surface area contributed by atoms with E-state index in [1.54, 1.807) is 6.92 Å². The number of carbonyl (C=O) groups is 7. The Morgan fingerprint density at radius 3 is 1.60 bits per heavy atom. The van der Waals surface area contributed by atoms with Crippen LogP contribution in [0.15, 0.2) is 0 Å². The van der Waals surface area contributed by atoms with Crippen LogP contribution in [-0.4, -0.2) is 108 Å². The molecular formula is C26H37NO15S. The zero-order valence-electron chi connectivity index (χ0n) is 25.0. The number of esters is 6. The monoisotopic (exact) mass is 635 g/mol. The van der Waals surface area contributed by atoms with Crippen molar-refractivity contribution in [1.29, 1.82) is 0 Å². The number of hydrogen-bond acceptors (Lipinski definition) is 16. The molecule has 17 heteroatoms. The molecule has 43 heavy (non-hydrogen) atoms. The lowest BCUT2D eigenvalue weighted by Crippen LogP contribution is -2.68. The minimum absolute atomic E-state index is 0.475. The highest BCUT2D eigenvalue weighted by Crippen LogP contribution is 2.40. The van der Waals surface area contributed by atoms with Gasteiger partial charge in [-0.3, -0.25) is 33.6 Å². The highest BCUT2D eigenvalue weighted by atomic mass is 32.2. The van der Waals surface area contributed by atoms with E-state index in [9.17, 15) is 33.6 Å². The molecule has 0 aromatic rings. The Morgan fingerprint density at radius 2 is 1.12 bits per heavy atom. The second-order valence-electron chi connectivity index (χ2n) is 9.79. The van der Waals surface area contributed by atoms with Gasteiger partial charge in [0, 0.05) is 53.7 Å². The first-order valence-electron chi connectivity index (χ1n) is 13.2. The van der Waals surface area contributed by atoms with E-state index in [1.807, 2.05) is 0 Å². The molecule has 1 N–H and O–H groups in total. The van der Waals surface area contributed by atoms with Gasteiger partial charge in [-0.2, -0.15) is 0 Å². The SMILES string of the molecule is CC(=O)N[C@H]1[C@@H](OC(C)=O)O[C@H](COC(C)=O)[C@@H](O[C@@H]2S[C@@H](C)[C@@H](OC(C)=O)[C@@H](OC(C)=O)[C@@H]2OC(C)=O)[C@@H]1OC(C)=O. The standard InChI is InChI=1S/C26H37NO15S/c1-10-20(36-13(4)30)23(38-15(6)32)24(39-16(7)33)26(43-10)42-21-18(9-35-12(3)29)41-25(40-17(8)34)19(27-11(2)28)22(21)37-14(5)31/h10,18-26H,9H2,1-8H3,(H,27,28)/t10-,18+,19+,20+,21+,22+,23+,24-,25-,26+/m0/s1. The summed E-state index contributed by atoms with van der Waals surface area (Å²) >= 11 is 1.04. The van der Waals surface area contributed by atoms with E-state index in [4.69, 9.17) is 37.9 Å². The number of nitrogens with one attached hydrogen (secondary N) is 1. The first kappa shape index (κ1) is 35.8. The highest BCUT2D eigenvalue weighted by molar-refractivity contribution is 8.00. The Hall–Kier alpha value is -3.44. The number of hydrogen-bond donors (Lipinski definition) is 1. The molecule has 16 nitrogen and oxygen atoms in total. The lowest BCUT2D eigenvalue weighted by molar-refractivity contribution is -0.281. The summed E-state index contributed by atoms with van der Waals surface area (Å²) in [7, 11) is 0. The fourth-order valence-corrected chi connectivity index (χ4v) is 5.97. The van der Waals surface area contributed by atoms with Gasteiger partial charge in [0.05, 0.1) is 0 Å². The number of carbonyl (C=O) groups excluding carboxylic acids is 7. The molecule has 0 unspecified atom stereocenters. The van der Waals surface area contributed by atoms with Crippen molar-refractivity contribution < 1.29 is 71.5 Å². The minimum atomic E-state index is -1.50. The molecule has 0 aromatic heterocycles. The largest absolute Gasteiger partial charge is 0.463 e. The molecule has 0 saturated carbocycles. The zero-order chi connectivity index (χ0) is 32.6. The van der Waals surface area contributed by atoms with E-state index in [1.165, 1.54) is 6.92 Å². The molecule has 0 aliphatic carbocycles. The number of amides is 1. The molecule has 2 rings (SSSR count). The highest BCUT2D eigenvalue weighted by Gasteiger charge is 2.56. The molecule has 2 fully saturated rings. The van der Waals surface area contributed by atoms with Crippen LogP contribution >= 0.6 is 11.8 Å². The van der Waals surface area contributed by atoms with Gasteiger partial charge in [-0.1, -0.05) is 0 Å². The maximum atomic E-state index is 12.3. The van der Waals surface area contributed by atoms with Crippen LogP contribution in [0.3, 0.4) is 0 Å². The van der Waals surface area contributed by atoms with Gasteiger partial charge in [0.1, 0.15) is 30.3 Å². The first-order chi connectivity index (χ1) is 20.0. The summed E-state index contributed by atoms with van der Waals surface area (Å²) < 4.78 is 44.6. The molecule has 0 radical (unpaired) electrons. The van der Waals surface area contributed by atoms with Crippen LogP contribution in [0.2, 0.25) is 0 Å². The first-order valence-corrected chi connectivity index (χ1v) is 14.2. The van der Waals surface area contributed by atoms with E-state index in [2.05, 4.69) is 5.32 Å². The van der Waals surface area contributed by atoms with Crippen LogP contribution in [0.4, 0.5) is 0 Å². The summed E-state index contributed by atoms with van der Waals surface area (Å²) in [5, 5.41) is 1.93. The smallest absolute Gasteiger partial charge is 0.305 e. The third-order valence-electron chi connectivity index (χ3n) is 5.98. The molecule has 10 atom stereocenters. The summed E-state index contributed by atoms with van der Waals surface area (Å²) in [6.07, 6.45) is -9.30. The fraction of sp³-hybridized carbons (Fsp3) is 0.731. The van der Waals surface area contributed by atoms with Gasteiger partial charge < -0.3 is 43.2 Å². The number of rotatable bonds is 10. The van der Waals surface area contributed by atoms with Crippen molar-refractivity contribution in [2.24, 2.45) is 0 Å². The Balaban J connectivity index is 2.63. The Kier molecular flexibility index (Phi) is 13.2. The molecule has 2 aliphatic heterocycles. The predicted molar refractivity (Wildman–Crippen MR) is 143 cm³/mol. The fourth-order valence-electron chi connectivity index (χ4n) is 4.62. The molecule has 2 heterocycles. The van der Waals surface area contributed by atoms with E-state index in [-0.39, 0.29) is 0 Å². The normalized spacial score (nSPS) is 31.9. The molecule has 2 aliphatic rings. The van der Waals surface area contributed by atoms with Crippen LogP contribution < -0.4 is 5.32 Å².